The summed E-state index contributed by atoms with van der Waals surface area (Å²) in [6.07, 6.45) is 0.326. The van der Waals surface area contributed by atoms with Crippen LogP contribution in [0.5, 0.6) is 0 Å². The predicted molar refractivity (Wildman–Crippen MR) is 68.5 cm³/mol. The van der Waals surface area contributed by atoms with E-state index in [1.807, 2.05) is 0 Å². The molecule has 0 saturated heterocycles. The molecule has 2 N–H and O–H groups in total. The zero-order valence-corrected chi connectivity index (χ0v) is 11.7. The Bertz CT molecular complexity index is 445. The monoisotopic (exact) mass is 286 g/mol. The average Bonchev–Trinajstić information content (AvgIpc) is 2.34. The van der Waals surface area contributed by atoms with E-state index in [2.05, 4.69) is 4.98 Å². The number of amides is 1. The summed E-state index contributed by atoms with van der Waals surface area (Å²) in [6, 6.07) is 1.64. The summed E-state index contributed by atoms with van der Waals surface area (Å²) in [6.45, 7) is 4.74. The number of nitrogens with zero attached hydrogens (tertiary/aromatic N) is 2. The van der Waals surface area contributed by atoms with Gasteiger partial charge in [-0.1, -0.05) is 6.07 Å². The number of aliphatic hydroxyl groups excluding tert-OH is 1. The van der Waals surface area contributed by atoms with Gasteiger partial charge in [-0.25, -0.2) is 9.78 Å². The van der Waals surface area contributed by atoms with E-state index in [1.54, 1.807) is 20.8 Å². The molecular formula is C13H19FN2O4. The normalized spacial score (nSPS) is 12.9. The summed E-state index contributed by atoms with van der Waals surface area (Å²) < 4.78 is 17.8. The molecule has 1 rings (SSSR count). The van der Waals surface area contributed by atoms with Crippen molar-refractivity contribution >= 4 is 6.09 Å². The molecule has 0 aromatic carbocycles. The number of halogens is 1. The van der Waals surface area contributed by atoms with Crippen molar-refractivity contribution < 1.29 is 24.2 Å². The van der Waals surface area contributed by atoms with Crippen LogP contribution in [0.2, 0.25) is 0 Å². The Hall–Kier alpha value is -1.73. The number of aliphatic hydroxyl groups is 1. The summed E-state index contributed by atoms with van der Waals surface area (Å²) >= 11 is 0. The second kappa shape index (κ2) is 6.62. The second-order valence-electron chi connectivity index (χ2n) is 5.27. The van der Waals surface area contributed by atoms with Crippen molar-refractivity contribution in [3.63, 3.8) is 0 Å². The molecule has 0 spiro atoms. The van der Waals surface area contributed by atoms with Gasteiger partial charge in [0.15, 0.2) is 0 Å². The van der Waals surface area contributed by atoms with Gasteiger partial charge in [-0.05, 0) is 38.8 Å². The molecule has 112 valence electrons. The van der Waals surface area contributed by atoms with Gasteiger partial charge in [-0.15, -0.1) is 0 Å². The lowest BCUT2D eigenvalue weighted by atomic mass is 10.1. The highest BCUT2D eigenvalue weighted by Crippen LogP contribution is 2.24. The minimum atomic E-state index is -0.944. The Kier molecular flexibility index (Phi) is 5.41. The smallest absolute Gasteiger partial charge is 0.434 e. The average molecular weight is 286 g/mol. The van der Waals surface area contributed by atoms with Gasteiger partial charge >= 0.3 is 6.09 Å². The third-order valence-corrected chi connectivity index (χ3v) is 2.41. The number of hydroxylamine groups is 2. The SMILES string of the molecule is CC(C)(C)OC(=O)N(O)C(CCO)c1ccc(F)nc1. The molecule has 1 amide bonds. The molecule has 0 aliphatic carbocycles. The zero-order valence-electron chi connectivity index (χ0n) is 11.7. The topological polar surface area (TPSA) is 82.9 Å². The molecule has 0 aliphatic rings. The van der Waals surface area contributed by atoms with E-state index in [1.165, 1.54) is 12.3 Å². The Morgan fingerprint density at radius 3 is 2.60 bits per heavy atom. The van der Waals surface area contributed by atoms with Gasteiger partial charge in [-0.3, -0.25) is 5.21 Å². The fraction of sp³-hybridized carbons (Fsp3) is 0.538. The molecule has 0 fully saturated rings. The van der Waals surface area contributed by atoms with Crippen LogP contribution in [-0.4, -0.2) is 38.7 Å². The Labute approximate surface area is 116 Å². The van der Waals surface area contributed by atoms with Crippen LogP contribution < -0.4 is 0 Å². The Morgan fingerprint density at radius 1 is 1.50 bits per heavy atom. The van der Waals surface area contributed by atoms with Gasteiger partial charge in [0.2, 0.25) is 5.95 Å². The van der Waals surface area contributed by atoms with E-state index in [9.17, 15) is 14.4 Å². The highest BCUT2D eigenvalue weighted by molar-refractivity contribution is 5.67. The van der Waals surface area contributed by atoms with E-state index in [0.717, 1.165) is 6.07 Å². The van der Waals surface area contributed by atoms with Crippen LogP contribution in [0.15, 0.2) is 18.3 Å². The van der Waals surface area contributed by atoms with Crippen LogP contribution in [0.1, 0.15) is 38.8 Å². The predicted octanol–water partition coefficient (Wildman–Crippen LogP) is 2.27. The fourth-order valence-electron chi connectivity index (χ4n) is 1.57. The maximum atomic E-state index is 12.8. The number of carbonyl (C=O) groups is 1. The largest absolute Gasteiger partial charge is 0.442 e. The lowest BCUT2D eigenvalue weighted by Crippen LogP contribution is -2.37. The van der Waals surface area contributed by atoms with Gasteiger partial charge in [0.1, 0.15) is 5.60 Å². The quantitative estimate of drug-likeness (QED) is 0.504. The number of ether oxygens (including phenoxy) is 1. The minimum Gasteiger partial charge on any atom is -0.442 e. The lowest BCUT2D eigenvalue weighted by molar-refractivity contribution is -0.125. The molecule has 1 unspecified atom stereocenters. The van der Waals surface area contributed by atoms with E-state index >= 15 is 0 Å². The number of carbonyl (C=O) groups excluding carboxylic acids is 1. The zero-order chi connectivity index (χ0) is 15.3. The molecule has 1 heterocycles. The third kappa shape index (κ3) is 4.75. The second-order valence-corrected chi connectivity index (χ2v) is 5.27. The number of rotatable bonds is 4. The fourth-order valence-corrected chi connectivity index (χ4v) is 1.57. The van der Waals surface area contributed by atoms with E-state index in [0.29, 0.717) is 10.6 Å². The highest BCUT2D eigenvalue weighted by atomic mass is 19.1. The van der Waals surface area contributed by atoms with Crippen LogP contribution in [-0.2, 0) is 4.74 Å². The van der Waals surface area contributed by atoms with Crippen LogP contribution in [0, 0.1) is 5.95 Å². The number of hydrogen-bond acceptors (Lipinski definition) is 5. The van der Waals surface area contributed by atoms with Crippen LogP contribution in [0.4, 0.5) is 9.18 Å². The van der Waals surface area contributed by atoms with Crippen molar-refractivity contribution in [2.24, 2.45) is 0 Å². The van der Waals surface area contributed by atoms with Crippen LogP contribution in [0.3, 0.4) is 0 Å². The van der Waals surface area contributed by atoms with Crippen LogP contribution >= 0.6 is 0 Å². The van der Waals surface area contributed by atoms with Crippen molar-refractivity contribution in [1.82, 2.24) is 10.0 Å². The summed E-state index contributed by atoms with van der Waals surface area (Å²) in [4.78, 5) is 15.3. The standard InChI is InChI=1S/C13H19FN2O4/c1-13(2,3)20-12(18)16(19)10(6-7-17)9-4-5-11(14)15-8-9/h4-5,8,10,17,19H,6-7H2,1-3H3. The van der Waals surface area contributed by atoms with Gasteiger partial charge in [0, 0.05) is 12.8 Å². The molecule has 0 bridgehead atoms. The summed E-state index contributed by atoms with van der Waals surface area (Å²) in [7, 11) is 0. The molecule has 7 heteroatoms. The van der Waals surface area contributed by atoms with Crippen LogP contribution in [0.25, 0.3) is 0 Å². The molecule has 20 heavy (non-hydrogen) atoms. The first-order valence-electron chi connectivity index (χ1n) is 6.18. The summed E-state index contributed by atoms with van der Waals surface area (Å²) in [5.74, 6) is -0.668. The van der Waals surface area contributed by atoms with Crippen molar-refractivity contribution in [2.45, 2.75) is 38.8 Å². The molecule has 0 radical (unpaired) electrons. The maximum Gasteiger partial charge on any atom is 0.434 e. The summed E-state index contributed by atoms with van der Waals surface area (Å²) in [5.41, 5.74) is -0.364. The third-order valence-electron chi connectivity index (χ3n) is 2.41. The molecule has 0 saturated carbocycles. The first kappa shape index (κ1) is 16.3. The molecular weight excluding hydrogens is 267 g/mol. The van der Waals surface area contributed by atoms with Crippen molar-refractivity contribution in [3.8, 4) is 0 Å². The van der Waals surface area contributed by atoms with E-state index in [-0.39, 0.29) is 13.0 Å². The Balaban J connectivity index is 2.90. The van der Waals surface area contributed by atoms with Crippen molar-refractivity contribution in [2.75, 3.05) is 6.61 Å². The van der Waals surface area contributed by atoms with E-state index in [4.69, 9.17) is 9.84 Å². The van der Waals surface area contributed by atoms with Crippen molar-refractivity contribution in [1.29, 1.82) is 0 Å². The van der Waals surface area contributed by atoms with Gasteiger partial charge < -0.3 is 9.84 Å². The molecule has 1 aromatic heterocycles. The highest BCUT2D eigenvalue weighted by Gasteiger charge is 2.28. The van der Waals surface area contributed by atoms with Gasteiger partial charge in [-0.2, -0.15) is 9.45 Å². The number of hydrogen-bond donors (Lipinski definition) is 2. The first-order valence-corrected chi connectivity index (χ1v) is 6.18. The number of aromatic nitrogens is 1. The number of pyridine rings is 1. The molecule has 0 aliphatic heterocycles. The molecule has 6 nitrogen and oxygen atoms in total. The molecule has 1 atom stereocenters. The summed E-state index contributed by atoms with van der Waals surface area (Å²) in [5, 5.41) is 19.3. The Morgan fingerprint density at radius 2 is 2.15 bits per heavy atom. The first-order chi connectivity index (χ1) is 9.24. The minimum absolute atomic E-state index is 0.0725. The molecule has 1 aromatic rings. The maximum absolute atomic E-state index is 12.8. The van der Waals surface area contributed by atoms with Gasteiger partial charge in [0.25, 0.3) is 0 Å². The van der Waals surface area contributed by atoms with Gasteiger partial charge in [0.05, 0.1) is 6.04 Å². The lowest BCUT2D eigenvalue weighted by Gasteiger charge is -2.28. The van der Waals surface area contributed by atoms with E-state index < -0.39 is 23.7 Å². The van der Waals surface area contributed by atoms with Crippen molar-refractivity contribution in [3.05, 3.63) is 29.8 Å².